The first-order chi connectivity index (χ1) is 8.49. The quantitative estimate of drug-likeness (QED) is 0.674. The predicted molar refractivity (Wildman–Crippen MR) is 72.9 cm³/mol. The van der Waals surface area contributed by atoms with Crippen molar-refractivity contribution in [1.29, 1.82) is 0 Å². The first-order valence-electron chi connectivity index (χ1n) is 6.29. The number of carbonyl (C=O) groups excluding carboxylic acids is 1. The van der Waals surface area contributed by atoms with Gasteiger partial charge in [0.2, 0.25) is 5.91 Å². The van der Waals surface area contributed by atoms with E-state index in [0.717, 1.165) is 5.56 Å². The molecule has 4 nitrogen and oxygen atoms in total. The van der Waals surface area contributed by atoms with Crippen LogP contribution in [0.15, 0.2) is 24.3 Å². The fourth-order valence-electron chi connectivity index (χ4n) is 1.61. The van der Waals surface area contributed by atoms with Gasteiger partial charge in [-0.25, -0.2) is 0 Å². The van der Waals surface area contributed by atoms with Crippen LogP contribution in [0.2, 0.25) is 0 Å². The highest BCUT2D eigenvalue weighted by atomic mass is 16.3. The summed E-state index contributed by atoms with van der Waals surface area (Å²) in [6.07, 6.45) is 0.0917. The van der Waals surface area contributed by atoms with Crippen molar-refractivity contribution in [2.45, 2.75) is 32.8 Å². The number of nitrogen functional groups attached to an aromatic ring is 1. The molecule has 1 rings (SSSR count). The molecular weight excluding hydrogens is 228 g/mol. The van der Waals surface area contributed by atoms with Crippen LogP contribution in [0.25, 0.3) is 0 Å². The van der Waals surface area contributed by atoms with Gasteiger partial charge in [-0.2, -0.15) is 0 Å². The summed E-state index contributed by atoms with van der Waals surface area (Å²) in [6.45, 7) is 4.76. The molecule has 0 spiro atoms. The third kappa shape index (κ3) is 5.19. The van der Waals surface area contributed by atoms with E-state index in [1.54, 1.807) is 18.2 Å². The minimum absolute atomic E-state index is 0.0216. The molecule has 0 aliphatic carbocycles. The fourth-order valence-corrected chi connectivity index (χ4v) is 1.61. The zero-order valence-corrected chi connectivity index (χ0v) is 11.0. The standard InChI is InChI=1S/C14H22N2O2/c1-10(2)9-16-14(18)7-6-13(17)11-4-3-5-12(15)8-11/h3-5,8,10,13,17H,6-7,9,15H2,1-2H3,(H,16,18). The Bertz CT molecular complexity index is 391. The summed E-state index contributed by atoms with van der Waals surface area (Å²) in [6, 6.07) is 7.11. The first kappa shape index (κ1) is 14.5. The predicted octanol–water partition coefficient (Wildman–Crippen LogP) is 1.85. The number of hydrogen-bond acceptors (Lipinski definition) is 3. The van der Waals surface area contributed by atoms with Gasteiger partial charge in [0, 0.05) is 18.7 Å². The second-order valence-corrected chi connectivity index (χ2v) is 4.92. The summed E-state index contributed by atoms with van der Waals surface area (Å²) >= 11 is 0. The Balaban J connectivity index is 2.37. The lowest BCUT2D eigenvalue weighted by Crippen LogP contribution is -2.27. The van der Waals surface area contributed by atoms with E-state index in [1.165, 1.54) is 0 Å². The minimum atomic E-state index is -0.640. The lowest BCUT2D eigenvalue weighted by atomic mass is 10.0. The number of hydrogen-bond donors (Lipinski definition) is 3. The topological polar surface area (TPSA) is 75.3 Å². The lowest BCUT2D eigenvalue weighted by Gasteiger charge is -2.12. The highest BCUT2D eigenvalue weighted by Gasteiger charge is 2.10. The number of aliphatic hydroxyl groups excluding tert-OH is 1. The van der Waals surface area contributed by atoms with Crippen molar-refractivity contribution in [3.8, 4) is 0 Å². The first-order valence-corrected chi connectivity index (χ1v) is 6.29. The molecule has 1 atom stereocenters. The van der Waals surface area contributed by atoms with E-state index < -0.39 is 6.10 Å². The molecule has 0 saturated carbocycles. The molecule has 1 amide bonds. The maximum absolute atomic E-state index is 11.5. The van der Waals surface area contributed by atoms with Gasteiger partial charge in [0.15, 0.2) is 0 Å². The van der Waals surface area contributed by atoms with E-state index in [4.69, 9.17) is 5.73 Å². The smallest absolute Gasteiger partial charge is 0.220 e. The van der Waals surface area contributed by atoms with Crippen LogP contribution in [-0.4, -0.2) is 17.6 Å². The van der Waals surface area contributed by atoms with Gasteiger partial charge in [0.1, 0.15) is 0 Å². The molecule has 0 aromatic heterocycles. The van der Waals surface area contributed by atoms with Gasteiger partial charge in [-0.1, -0.05) is 26.0 Å². The van der Waals surface area contributed by atoms with Crippen molar-refractivity contribution in [3.05, 3.63) is 29.8 Å². The number of amides is 1. The second kappa shape index (κ2) is 7.01. The van der Waals surface area contributed by atoms with Crippen LogP contribution in [0.1, 0.15) is 38.4 Å². The van der Waals surface area contributed by atoms with E-state index in [2.05, 4.69) is 5.32 Å². The summed E-state index contributed by atoms with van der Waals surface area (Å²) in [7, 11) is 0. The van der Waals surface area contributed by atoms with Gasteiger partial charge in [0.05, 0.1) is 6.10 Å². The summed E-state index contributed by atoms with van der Waals surface area (Å²) < 4.78 is 0. The van der Waals surface area contributed by atoms with Gasteiger partial charge in [-0.05, 0) is 30.0 Å². The Kier molecular flexibility index (Phi) is 5.65. The van der Waals surface area contributed by atoms with E-state index in [0.29, 0.717) is 31.0 Å². The molecule has 0 fully saturated rings. The number of anilines is 1. The Labute approximate surface area is 108 Å². The summed E-state index contributed by atoms with van der Waals surface area (Å²) in [5.74, 6) is 0.416. The molecule has 1 aromatic rings. The van der Waals surface area contributed by atoms with E-state index in [-0.39, 0.29) is 5.91 Å². The summed E-state index contributed by atoms with van der Waals surface area (Å²) in [4.78, 5) is 11.5. The van der Waals surface area contributed by atoms with Crippen LogP contribution in [0.3, 0.4) is 0 Å². The lowest BCUT2D eigenvalue weighted by molar-refractivity contribution is -0.121. The fraction of sp³-hybridized carbons (Fsp3) is 0.500. The largest absolute Gasteiger partial charge is 0.399 e. The van der Waals surface area contributed by atoms with Crippen molar-refractivity contribution in [2.24, 2.45) is 5.92 Å². The second-order valence-electron chi connectivity index (χ2n) is 4.92. The van der Waals surface area contributed by atoms with Crippen LogP contribution in [0, 0.1) is 5.92 Å². The molecule has 0 saturated heterocycles. The maximum atomic E-state index is 11.5. The van der Waals surface area contributed by atoms with Gasteiger partial charge in [-0.3, -0.25) is 4.79 Å². The average molecular weight is 250 g/mol. The van der Waals surface area contributed by atoms with Gasteiger partial charge < -0.3 is 16.2 Å². The molecular formula is C14H22N2O2. The normalized spacial score (nSPS) is 12.4. The van der Waals surface area contributed by atoms with Crippen molar-refractivity contribution in [2.75, 3.05) is 12.3 Å². The number of carbonyl (C=O) groups is 1. The molecule has 1 aromatic carbocycles. The van der Waals surface area contributed by atoms with Gasteiger partial charge >= 0.3 is 0 Å². The summed E-state index contributed by atoms with van der Waals surface area (Å²) in [5.41, 5.74) is 7.02. The van der Waals surface area contributed by atoms with E-state index in [1.807, 2.05) is 19.9 Å². The van der Waals surface area contributed by atoms with Crippen molar-refractivity contribution < 1.29 is 9.90 Å². The SMILES string of the molecule is CC(C)CNC(=O)CCC(O)c1cccc(N)c1. The zero-order valence-electron chi connectivity index (χ0n) is 11.0. The highest BCUT2D eigenvalue weighted by Crippen LogP contribution is 2.19. The molecule has 100 valence electrons. The third-order valence-corrected chi connectivity index (χ3v) is 2.65. The van der Waals surface area contributed by atoms with Crippen molar-refractivity contribution in [1.82, 2.24) is 5.32 Å². The number of aliphatic hydroxyl groups is 1. The Morgan fingerprint density at radius 3 is 2.78 bits per heavy atom. The maximum Gasteiger partial charge on any atom is 0.220 e. The Morgan fingerprint density at radius 1 is 1.44 bits per heavy atom. The van der Waals surface area contributed by atoms with E-state index >= 15 is 0 Å². The van der Waals surface area contributed by atoms with Gasteiger partial charge in [0.25, 0.3) is 0 Å². The third-order valence-electron chi connectivity index (χ3n) is 2.65. The number of benzene rings is 1. The van der Waals surface area contributed by atoms with Crippen LogP contribution in [0.5, 0.6) is 0 Å². The molecule has 1 unspecified atom stereocenters. The minimum Gasteiger partial charge on any atom is -0.399 e. The number of nitrogens with two attached hydrogens (primary N) is 1. The van der Waals surface area contributed by atoms with Crippen molar-refractivity contribution in [3.63, 3.8) is 0 Å². The molecule has 0 bridgehead atoms. The Hall–Kier alpha value is -1.55. The Morgan fingerprint density at radius 2 is 2.17 bits per heavy atom. The summed E-state index contributed by atoms with van der Waals surface area (Å²) in [5, 5.41) is 12.8. The molecule has 0 aliphatic rings. The average Bonchev–Trinajstić information content (AvgIpc) is 2.33. The highest BCUT2D eigenvalue weighted by molar-refractivity contribution is 5.75. The van der Waals surface area contributed by atoms with E-state index in [9.17, 15) is 9.90 Å². The molecule has 0 aliphatic heterocycles. The zero-order chi connectivity index (χ0) is 13.5. The molecule has 18 heavy (non-hydrogen) atoms. The monoisotopic (exact) mass is 250 g/mol. The molecule has 4 heteroatoms. The molecule has 0 radical (unpaired) electrons. The number of nitrogens with one attached hydrogen (secondary N) is 1. The molecule has 0 heterocycles. The van der Waals surface area contributed by atoms with Crippen LogP contribution in [0.4, 0.5) is 5.69 Å². The van der Waals surface area contributed by atoms with Crippen LogP contribution < -0.4 is 11.1 Å². The van der Waals surface area contributed by atoms with Crippen molar-refractivity contribution >= 4 is 11.6 Å². The van der Waals surface area contributed by atoms with Crippen LogP contribution >= 0.6 is 0 Å². The number of rotatable bonds is 6. The van der Waals surface area contributed by atoms with Crippen LogP contribution in [-0.2, 0) is 4.79 Å². The molecule has 4 N–H and O–H groups in total. The van der Waals surface area contributed by atoms with Gasteiger partial charge in [-0.15, -0.1) is 0 Å².